The fraction of sp³-hybridized carbons (Fsp3) is 0.500. The van der Waals surface area contributed by atoms with Crippen LogP contribution in [0.4, 0.5) is 8.78 Å². The number of ether oxygens (including phenoxy) is 1. The van der Waals surface area contributed by atoms with E-state index in [0.29, 0.717) is 18.4 Å². The Balaban J connectivity index is 2.04. The molecule has 88 valence electrons. The predicted molar refractivity (Wildman–Crippen MR) is 55.0 cm³/mol. The minimum atomic E-state index is -0.874. The molecule has 16 heavy (non-hydrogen) atoms. The molecule has 0 aromatic heterocycles. The highest BCUT2D eigenvalue weighted by molar-refractivity contribution is 5.21. The van der Waals surface area contributed by atoms with E-state index >= 15 is 0 Å². The molecule has 0 saturated heterocycles. The molecule has 2 rings (SSSR count). The van der Waals surface area contributed by atoms with Gasteiger partial charge in [-0.1, -0.05) is 0 Å². The van der Waals surface area contributed by atoms with Gasteiger partial charge in [-0.05, 0) is 17.7 Å². The summed E-state index contributed by atoms with van der Waals surface area (Å²) in [7, 11) is 1.59. The van der Waals surface area contributed by atoms with E-state index in [2.05, 4.69) is 0 Å². The summed E-state index contributed by atoms with van der Waals surface area (Å²) in [6.45, 7) is 0. The molecule has 4 heteroatoms. The number of benzene rings is 1. The van der Waals surface area contributed by atoms with Crippen LogP contribution in [0.15, 0.2) is 18.2 Å². The van der Waals surface area contributed by atoms with Gasteiger partial charge in [0, 0.05) is 32.4 Å². The van der Waals surface area contributed by atoms with Crippen LogP contribution in [0.1, 0.15) is 18.4 Å². The summed E-state index contributed by atoms with van der Waals surface area (Å²) in [6, 6.07) is 3.33. The zero-order valence-electron chi connectivity index (χ0n) is 9.04. The third-order valence-electron chi connectivity index (χ3n) is 3.00. The lowest BCUT2D eigenvalue weighted by Crippen LogP contribution is -2.49. The van der Waals surface area contributed by atoms with Gasteiger partial charge >= 0.3 is 0 Å². The van der Waals surface area contributed by atoms with Crippen molar-refractivity contribution in [3.05, 3.63) is 35.4 Å². The normalized spacial score (nSPS) is 28.9. The molecule has 0 bridgehead atoms. The molecule has 2 nitrogen and oxygen atoms in total. The fourth-order valence-electron chi connectivity index (χ4n) is 2.19. The van der Waals surface area contributed by atoms with Crippen LogP contribution in [-0.4, -0.2) is 23.9 Å². The van der Waals surface area contributed by atoms with Gasteiger partial charge in [-0.15, -0.1) is 0 Å². The molecule has 0 radical (unpaired) electrons. The van der Waals surface area contributed by atoms with E-state index in [9.17, 15) is 13.9 Å². The minimum Gasteiger partial charge on any atom is -0.389 e. The molecule has 1 saturated carbocycles. The lowest BCUT2D eigenvalue weighted by molar-refractivity contribution is -0.126. The Labute approximate surface area is 92.9 Å². The number of methoxy groups -OCH3 is 1. The zero-order valence-corrected chi connectivity index (χ0v) is 9.04. The van der Waals surface area contributed by atoms with Crippen LogP contribution in [0.2, 0.25) is 0 Å². The monoisotopic (exact) mass is 228 g/mol. The maximum atomic E-state index is 12.9. The van der Waals surface area contributed by atoms with Crippen molar-refractivity contribution < 1.29 is 18.6 Å². The van der Waals surface area contributed by atoms with Gasteiger partial charge in [0.2, 0.25) is 0 Å². The summed E-state index contributed by atoms with van der Waals surface area (Å²) in [5.41, 5.74) is -0.393. The predicted octanol–water partition coefficient (Wildman–Crippen LogP) is 2.05. The highest BCUT2D eigenvalue weighted by Crippen LogP contribution is 2.37. The Bertz CT molecular complexity index is 366. The van der Waals surface area contributed by atoms with Crippen molar-refractivity contribution in [2.75, 3.05) is 7.11 Å². The van der Waals surface area contributed by atoms with Crippen LogP contribution >= 0.6 is 0 Å². The van der Waals surface area contributed by atoms with Gasteiger partial charge in [0.25, 0.3) is 0 Å². The molecule has 1 aliphatic carbocycles. The molecule has 0 unspecified atom stereocenters. The Hall–Kier alpha value is -1.00. The third-order valence-corrected chi connectivity index (χ3v) is 3.00. The van der Waals surface area contributed by atoms with E-state index in [4.69, 9.17) is 4.74 Å². The van der Waals surface area contributed by atoms with Crippen molar-refractivity contribution in [3.8, 4) is 0 Å². The fourth-order valence-corrected chi connectivity index (χ4v) is 2.19. The quantitative estimate of drug-likeness (QED) is 0.858. The minimum absolute atomic E-state index is 0.0587. The summed E-state index contributed by atoms with van der Waals surface area (Å²) >= 11 is 0. The van der Waals surface area contributed by atoms with E-state index in [-0.39, 0.29) is 12.5 Å². The standard InChI is InChI=1S/C12H14F2O2/c1-16-11-6-12(15,7-11)5-8-2-9(13)4-10(14)3-8/h2-4,11,15H,5-7H2,1H3. The summed E-state index contributed by atoms with van der Waals surface area (Å²) in [6.07, 6.45) is 1.36. The van der Waals surface area contributed by atoms with E-state index in [1.165, 1.54) is 12.1 Å². The molecule has 0 atom stereocenters. The molecule has 0 amide bonds. The largest absolute Gasteiger partial charge is 0.389 e. The second-order valence-electron chi connectivity index (χ2n) is 4.44. The van der Waals surface area contributed by atoms with Gasteiger partial charge in [-0.2, -0.15) is 0 Å². The Morgan fingerprint density at radius 2 is 1.88 bits per heavy atom. The molecule has 1 fully saturated rings. The number of rotatable bonds is 3. The lowest BCUT2D eigenvalue weighted by Gasteiger charge is -2.42. The number of hydrogen-bond donors (Lipinski definition) is 1. The SMILES string of the molecule is COC1CC(O)(Cc2cc(F)cc(F)c2)C1. The van der Waals surface area contributed by atoms with Crippen LogP contribution < -0.4 is 0 Å². The Morgan fingerprint density at radius 1 is 1.31 bits per heavy atom. The van der Waals surface area contributed by atoms with E-state index in [1.54, 1.807) is 7.11 Å². The van der Waals surface area contributed by atoms with Gasteiger partial charge in [0.1, 0.15) is 11.6 Å². The molecule has 0 aliphatic heterocycles. The van der Waals surface area contributed by atoms with Gasteiger partial charge in [0.15, 0.2) is 0 Å². The highest BCUT2D eigenvalue weighted by Gasteiger charge is 2.42. The van der Waals surface area contributed by atoms with Crippen molar-refractivity contribution in [1.82, 2.24) is 0 Å². The Morgan fingerprint density at radius 3 is 2.38 bits per heavy atom. The maximum absolute atomic E-state index is 12.9. The third kappa shape index (κ3) is 2.39. The maximum Gasteiger partial charge on any atom is 0.126 e. The molecule has 1 aromatic carbocycles. The number of hydrogen-bond acceptors (Lipinski definition) is 2. The first-order valence-corrected chi connectivity index (χ1v) is 5.21. The van der Waals surface area contributed by atoms with Gasteiger partial charge in [-0.25, -0.2) is 8.78 Å². The molecular formula is C12H14F2O2. The van der Waals surface area contributed by atoms with Crippen LogP contribution in [-0.2, 0) is 11.2 Å². The molecular weight excluding hydrogens is 214 g/mol. The average molecular weight is 228 g/mol. The van der Waals surface area contributed by atoms with Crippen molar-refractivity contribution in [2.24, 2.45) is 0 Å². The van der Waals surface area contributed by atoms with Crippen LogP contribution in [0.3, 0.4) is 0 Å². The molecule has 0 spiro atoms. The van der Waals surface area contributed by atoms with E-state index in [0.717, 1.165) is 6.07 Å². The molecule has 0 heterocycles. The van der Waals surface area contributed by atoms with Gasteiger partial charge in [0.05, 0.1) is 11.7 Å². The second-order valence-corrected chi connectivity index (χ2v) is 4.44. The van der Waals surface area contributed by atoms with Gasteiger partial charge in [-0.3, -0.25) is 0 Å². The van der Waals surface area contributed by atoms with E-state index in [1.807, 2.05) is 0 Å². The number of halogens is 2. The summed E-state index contributed by atoms with van der Waals surface area (Å²) in [5.74, 6) is -1.22. The van der Waals surface area contributed by atoms with Crippen LogP contribution in [0.5, 0.6) is 0 Å². The zero-order chi connectivity index (χ0) is 11.8. The summed E-state index contributed by atoms with van der Waals surface area (Å²) < 4.78 is 30.9. The van der Waals surface area contributed by atoms with E-state index < -0.39 is 17.2 Å². The van der Waals surface area contributed by atoms with Crippen molar-refractivity contribution in [3.63, 3.8) is 0 Å². The first kappa shape index (κ1) is 11.5. The summed E-state index contributed by atoms with van der Waals surface area (Å²) in [4.78, 5) is 0. The molecule has 1 N–H and O–H groups in total. The Kier molecular flexibility index (Phi) is 2.95. The van der Waals surface area contributed by atoms with Crippen molar-refractivity contribution in [1.29, 1.82) is 0 Å². The molecule has 1 aromatic rings. The lowest BCUT2D eigenvalue weighted by atomic mass is 9.74. The first-order valence-electron chi connectivity index (χ1n) is 5.21. The van der Waals surface area contributed by atoms with Crippen molar-refractivity contribution >= 4 is 0 Å². The van der Waals surface area contributed by atoms with Crippen LogP contribution in [0, 0.1) is 11.6 Å². The topological polar surface area (TPSA) is 29.5 Å². The van der Waals surface area contributed by atoms with Crippen LogP contribution in [0.25, 0.3) is 0 Å². The first-order chi connectivity index (χ1) is 7.50. The number of aliphatic hydroxyl groups is 1. The molecule has 1 aliphatic rings. The highest BCUT2D eigenvalue weighted by atomic mass is 19.1. The average Bonchev–Trinajstić information content (AvgIpc) is 2.11. The summed E-state index contributed by atoms with van der Waals surface area (Å²) in [5, 5.41) is 10.0. The smallest absolute Gasteiger partial charge is 0.126 e. The van der Waals surface area contributed by atoms with Gasteiger partial charge < -0.3 is 9.84 Å². The van der Waals surface area contributed by atoms with Crippen molar-refractivity contribution in [2.45, 2.75) is 31.0 Å². The second kappa shape index (κ2) is 4.11.